The molecule has 5 rings (SSSR count). The van der Waals surface area contributed by atoms with E-state index in [0.29, 0.717) is 5.92 Å². The molecule has 0 saturated heterocycles. The summed E-state index contributed by atoms with van der Waals surface area (Å²) in [6.07, 6.45) is 7.23. The largest absolute Gasteiger partial charge is 0.464 e. The second kappa shape index (κ2) is 6.95. The minimum absolute atomic E-state index is 0.203. The molecule has 3 heterocycles. The van der Waals surface area contributed by atoms with E-state index >= 15 is 0 Å². The van der Waals surface area contributed by atoms with Crippen LogP contribution < -0.4 is 0 Å². The number of nitrogens with one attached hydrogen (secondary N) is 1. The highest BCUT2D eigenvalue weighted by Crippen LogP contribution is 2.32. The van der Waals surface area contributed by atoms with Crippen LogP contribution in [0.15, 0.2) is 65.4 Å². The van der Waals surface area contributed by atoms with E-state index in [-0.39, 0.29) is 5.82 Å². The number of halogens is 1. The monoisotopic (exact) mass is 374 g/mol. The van der Waals surface area contributed by atoms with Gasteiger partial charge in [0.25, 0.3) is 0 Å². The summed E-state index contributed by atoms with van der Waals surface area (Å²) in [5.74, 6) is 0.208. The van der Waals surface area contributed by atoms with E-state index in [4.69, 9.17) is 4.42 Å². The van der Waals surface area contributed by atoms with Gasteiger partial charge in [0.2, 0.25) is 0 Å². The van der Waals surface area contributed by atoms with E-state index in [1.54, 1.807) is 6.07 Å². The van der Waals surface area contributed by atoms with Crippen LogP contribution in [-0.2, 0) is 0 Å². The summed E-state index contributed by atoms with van der Waals surface area (Å²) in [5, 5.41) is 2.31. The second-order valence-electron chi connectivity index (χ2n) is 7.72. The third-order valence-electron chi connectivity index (χ3n) is 5.86. The highest BCUT2D eigenvalue weighted by atomic mass is 19.1. The smallest absolute Gasteiger partial charge is 0.134 e. The predicted molar refractivity (Wildman–Crippen MR) is 112 cm³/mol. The summed E-state index contributed by atoms with van der Waals surface area (Å²) in [7, 11) is 0. The van der Waals surface area contributed by atoms with E-state index in [9.17, 15) is 4.39 Å². The van der Waals surface area contributed by atoms with Crippen molar-refractivity contribution < 1.29 is 8.81 Å². The Morgan fingerprint density at radius 2 is 2.07 bits per heavy atom. The summed E-state index contributed by atoms with van der Waals surface area (Å²) >= 11 is 0. The summed E-state index contributed by atoms with van der Waals surface area (Å²) in [6.45, 7) is 5.24. The van der Waals surface area contributed by atoms with Crippen molar-refractivity contribution in [1.29, 1.82) is 0 Å². The van der Waals surface area contributed by atoms with Gasteiger partial charge in [-0.25, -0.2) is 4.39 Å². The van der Waals surface area contributed by atoms with Gasteiger partial charge < -0.3 is 9.40 Å². The van der Waals surface area contributed by atoms with E-state index in [0.717, 1.165) is 42.5 Å². The van der Waals surface area contributed by atoms with Crippen LogP contribution in [0.5, 0.6) is 0 Å². The van der Waals surface area contributed by atoms with Crippen molar-refractivity contribution in [1.82, 2.24) is 9.88 Å². The van der Waals surface area contributed by atoms with Crippen LogP contribution in [0, 0.1) is 5.82 Å². The van der Waals surface area contributed by atoms with Gasteiger partial charge in [-0.15, -0.1) is 0 Å². The van der Waals surface area contributed by atoms with Crippen LogP contribution >= 0.6 is 0 Å². The molecule has 3 nitrogen and oxygen atoms in total. The van der Waals surface area contributed by atoms with Gasteiger partial charge in [0.15, 0.2) is 0 Å². The Balaban J connectivity index is 1.31. The Morgan fingerprint density at radius 3 is 2.93 bits per heavy atom. The highest BCUT2D eigenvalue weighted by molar-refractivity contribution is 5.92. The number of hydrogen-bond acceptors (Lipinski definition) is 2. The third kappa shape index (κ3) is 3.04. The van der Waals surface area contributed by atoms with Crippen molar-refractivity contribution in [3.8, 4) is 0 Å². The average molecular weight is 374 g/mol. The molecule has 1 aliphatic heterocycles. The third-order valence-corrected chi connectivity index (χ3v) is 5.86. The Kier molecular flexibility index (Phi) is 4.29. The van der Waals surface area contributed by atoms with Gasteiger partial charge in [-0.1, -0.05) is 31.2 Å². The van der Waals surface area contributed by atoms with Crippen LogP contribution in [0.3, 0.4) is 0 Å². The number of furan rings is 1. The summed E-state index contributed by atoms with van der Waals surface area (Å²) in [6, 6.07) is 13.2. The van der Waals surface area contributed by atoms with Crippen molar-refractivity contribution in [2.24, 2.45) is 0 Å². The minimum atomic E-state index is -0.203. The van der Waals surface area contributed by atoms with Crippen molar-refractivity contribution in [3.63, 3.8) is 0 Å². The van der Waals surface area contributed by atoms with Crippen molar-refractivity contribution in [2.45, 2.75) is 19.3 Å². The lowest BCUT2D eigenvalue weighted by Crippen LogP contribution is -2.31. The van der Waals surface area contributed by atoms with Gasteiger partial charge in [-0.05, 0) is 42.2 Å². The fourth-order valence-electron chi connectivity index (χ4n) is 4.35. The Hall–Kier alpha value is -2.85. The van der Waals surface area contributed by atoms with Crippen molar-refractivity contribution in [2.75, 3.05) is 19.6 Å². The van der Waals surface area contributed by atoms with Crippen LogP contribution in [0.2, 0.25) is 0 Å². The van der Waals surface area contributed by atoms with Crippen LogP contribution in [0.1, 0.15) is 30.4 Å². The SMILES string of the molecule is CC(CN1CC=C(c2c[nH]c3cc(F)ccc23)CC1)c1coc2ccccc12. The lowest BCUT2D eigenvalue weighted by Gasteiger charge is -2.28. The number of benzene rings is 2. The summed E-state index contributed by atoms with van der Waals surface area (Å²) < 4.78 is 19.1. The Bertz CT molecular complexity index is 1170. The zero-order chi connectivity index (χ0) is 19.1. The normalized spacial score (nSPS) is 16.6. The molecular weight excluding hydrogens is 351 g/mol. The molecule has 0 bridgehead atoms. The minimum Gasteiger partial charge on any atom is -0.464 e. The number of nitrogens with zero attached hydrogens (tertiary/aromatic N) is 1. The fraction of sp³-hybridized carbons (Fsp3) is 0.250. The number of fused-ring (bicyclic) bond motifs is 2. The molecule has 28 heavy (non-hydrogen) atoms. The van der Waals surface area contributed by atoms with Gasteiger partial charge in [0, 0.05) is 53.2 Å². The van der Waals surface area contributed by atoms with Gasteiger partial charge in [-0.2, -0.15) is 0 Å². The maximum absolute atomic E-state index is 13.4. The molecule has 4 heteroatoms. The van der Waals surface area contributed by atoms with E-state index in [2.05, 4.69) is 35.0 Å². The van der Waals surface area contributed by atoms with Gasteiger partial charge >= 0.3 is 0 Å². The molecule has 0 radical (unpaired) electrons. The first-order valence-electron chi connectivity index (χ1n) is 9.83. The number of aromatic nitrogens is 1. The molecule has 142 valence electrons. The summed E-state index contributed by atoms with van der Waals surface area (Å²) in [4.78, 5) is 5.69. The quantitative estimate of drug-likeness (QED) is 0.479. The van der Waals surface area contributed by atoms with Crippen molar-refractivity contribution in [3.05, 3.63) is 77.9 Å². The zero-order valence-electron chi connectivity index (χ0n) is 15.9. The van der Waals surface area contributed by atoms with E-state index < -0.39 is 0 Å². The van der Waals surface area contributed by atoms with Gasteiger partial charge in [-0.3, -0.25) is 4.90 Å². The van der Waals surface area contributed by atoms with E-state index in [1.165, 1.54) is 28.2 Å². The molecule has 0 spiro atoms. The standard InChI is InChI=1S/C24H23FN2O/c1-16(22-15-28-24-5-3-2-4-20(22)24)14-27-10-8-17(9-11-27)21-13-26-23-12-18(25)6-7-19(21)23/h2-8,12-13,15-16,26H,9-11,14H2,1H3. The van der Waals surface area contributed by atoms with Gasteiger partial charge in [0.1, 0.15) is 11.4 Å². The Morgan fingerprint density at radius 1 is 1.18 bits per heavy atom. The number of H-pyrrole nitrogens is 1. The number of rotatable bonds is 4. The molecule has 1 N–H and O–H groups in total. The maximum atomic E-state index is 13.4. The topological polar surface area (TPSA) is 32.2 Å². The molecule has 0 fully saturated rings. The fourth-order valence-corrected chi connectivity index (χ4v) is 4.35. The zero-order valence-corrected chi connectivity index (χ0v) is 15.9. The summed E-state index contributed by atoms with van der Waals surface area (Å²) in [5.41, 5.74) is 5.64. The van der Waals surface area contributed by atoms with Crippen molar-refractivity contribution >= 4 is 27.4 Å². The predicted octanol–water partition coefficient (Wildman–Crippen LogP) is 5.95. The maximum Gasteiger partial charge on any atom is 0.134 e. The number of aromatic amines is 1. The van der Waals surface area contributed by atoms with Gasteiger partial charge in [0.05, 0.1) is 6.26 Å². The second-order valence-corrected chi connectivity index (χ2v) is 7.72. The average Bonchev–Trinajstić information content (AvgIpc) is 3.32. The molecule has 0 saturated carbocycles. The molecule has 2 aromatic carbocycles. The van der Waals surface area contributed by atoms with Crippen LogP contribution in [-0.4, -0.2) is 29.5 Å². The Labute approximate surface area is 163 Å². The first-order chi connectivity index (χ1) is 13.7. The van der Waals surface area contributed by atoms with Crippen LogP contribution in [0.25, 0.3) is 27.4 Å². The lowest BCUT2D eigenvalue weighted by atomic mass is 9.96. The molecule has 1 unspecified atom stereocenters. The number of hydrogen-bond donors (Lipinski definition) is 1. The molecule has 2 aromatic heterocycles. The first-order valence-corrected chi connectivity index (χ1v) is 9.83. The lowest BCUT2D eigenvalue weighted by molar-refractivity contribution is 0.287. The molecular formula is C24H23FN2O. The number of para-hydroxylation sites is 1. The molecule has 0 amide bonds. The molecule has 1 atom stereocenters. The first kappa shape index (κ1) is 17.3. The highest BCUT2D eigenvalue weighted by Gasteiger charge is 2.20. The van der Waals surface area contributed by atoms with E-state index in [1.807, 2.05) is 30.7 Å². The molecule has 4 aromatic rings. The molecule has 1 aliphatic rings. The molecule has 0 aliphatic carbocycles. The van der Waals surface area contributed by atoms with Crippen LogP contribution in [0.4, 0.5) is 4.39 Å².